The van der Waals surface area contributed by atoms with Crippen LogP contribution in [0.25, 0.3) is 0 Å². The third-order valence-electron chi connectivity index (χ3n) is 5.09. The monoisotopic (exact) mass is 380 g/mol. The minimum absolute atomic E-state index is 0.0140. The Morgan fingerprint density at radius 3 is 2.32 bits per heavy atom. The molecule has 1 aliphatic rings. The molecule has 2 aromatic carbocycles. The van der Waals surface area contributed by atoms with E-state index in [4.69, 9.17) is 0 Å². The number of carboxylic acids is 1. The maximum Gasteiger partial charge on any atom is 0.335 e. The molecule has 6 nitrogen and oxygen atoms in total. The van der Waals surface area contributed by atoms with Gasteiger partial charge >= 0.3 is 5.97 Å². The number of aromatic carboxylic acids is 1. The molecule has 2 N–H and O–H groups in total. The van der Waals surface area contributed by atoms with E-state index in [9.17, 15) is 19.5 Å². The summed E-state index contributed by atoms with van der Waals surface area (Å²) >= 11 is 0. The SMILES string of the molecule is CC1CCN(C(=O)c2ccc(NC(=O)Cc3ccccc3C(=O)O)cc2)CC1. The average Bonchev–Trinajstić information content (AvgIpc) is 2.69. The number of carboxylic acid groups (broad SMARTS) is 1. The molecule has 0 radical (unpaired) electrons. The van der Waals surface area contributed by atoms with E-state index in [-0.39, 0.29) is 23.8 Å². The van der Waals surface area contributed by atoms with Crippen LogP contribution in [0, 0.1) is 5.92 Å². The van der Waals surface area contributed by atoms with Crippen molar-refractivity contribution in [1.29, 1.82) is 0 Å². The Hall–Kier alpha value is -3.15. The molecule has 0 aromatic heterocycles. The van der Waals surface area contributed by atoms with Crippen LogP contribution in [-0.4, -0.2) is 40.9 Å². The normalized spacial score (nSPS) is 14.5. The molecule has 0 spiro atoms. The van der Waals surface area contributed by atoms with E-state index in [2.05, 4.69) is 12.2 Å². The molecular weight excluding hydrogens is 356 g/mol. The van der Waals surface area contributed by atoms with Gasteiger partial charge in [0, 0.05) is 24.3 Å². The summed E-state index contributed by atoms with van der Waals surface area (Å²) in [5, 5.41) is 12.0. The Bertz CT molecular complexity index is 868. The molecule has 146 valence electrons. The number of benzene rings is 2. The van der Waals surface area contributed by atoms with Gasteiger partial charge in [-0.3, -0.25) is 9.59 Å². The van der Waals surface area contributed by atoms with Crippen LogP contribution >= 0.6 is 0 Å². The number of nitrogens with one attached hydrogen (secondary N) is 1. The van der Waals surface area contributed by atoms with E-state index in [0.717, 1.165) is 25.9 Å². The first-order chi connectivity index (χ1) is 13.4. The lowest BCUT2D eigenvalue weighted by molar-refractivity contribution is -0.115. The second-order valence-electron chi connectivity index (χ2n) is 7.24. The van der Waals surface area contributed by atoms with Crippen molar-refractivity contribution in [2.24, 2.45) is 5.92 Å². The Morgan fingerprint density at radius 2 is 1.68 bits per heavy atom. The largest absolute Gasteiger partial charge is 0.478 e. The van der Waals surface area contributed by atoms with Gasteiger partial charge in [-0.15, -0.1) is 0 Å². The minimum atomic E-state index is -1.06. The second kappa shape index (κ2) is 8.69. The van der Waals surface area contributed by atoms with E-state index < -0.39 is 5.97 Å². The van der Waals surface area contributed by atoms with Crippen LogP contribution in [0.5, 0.6) is 0 Å². The fraction of sp³-hybridized carbons (Fsp3) is 0.318. The summed E-state index contributed by atoms with van der Waals surface area (Å²) in [6.45, 7) is 3.76. The zero-order valence-corrected chi connectivity index (χ0v) is 15.9. The summed E-state index contributed by atoms with van der Waals surface area (Å²) < 4.78 is 0. The van der Waals surface area contributed by atoms with E-state index in [1.54, 1.807) is 42.5 Å². The van der Waals surface area contributed by atoms with Crippen LogP contribution < -0.4 is 5.32 Å². The zero-order valence-electron chi connectivity index (χ0n) is 15.9. The Kier molecular flexibility index (Phi) is 6.09. The van der Waals surface area contributed by atoms with Crippen molar-refractivity contribution < 1.29 is 19.5 Å². The van der Waals surface area contributed by atoms with E-state index in [1.807, 2.05) is 4.90 Å². The summed E-state index contributed by atoms with van der Waals surface area (Å²) in [6, 6.07) is 13.3. The van der Waals surface area contributed by atoms with Crippen LogP contribution in [0.2, 0.25) is 0 Å². The quantitative estimate of drug-likeness (QED) is 0.832. The van der Waals surface area contributed by atoms with Crippen molar-refractivity contribution in [2.75, 3.05) is 18.4 Å². The van der Waals surface area contributed by atoms with Crippen molar-refractivity contribution >= 4 is 23.5 Å². The van der Waals surface area contributed by atoms with Crippen LogP contribution in [0.15, 0.2) is 48.5 Å². The van der Waals surface area contributed by atoms with Crippen molar-refractivity contribution in [3.63, 3.8) is 0 Å². The predicted molar refractivity (Wildman–Crippen MR) is 106 cm³/mol. The first-order valence-corrected chi connectivity index (χ1v) is 9.44. The summed E-state index contributed by atoms with van der Waals surface area (Å²) in [4.78, 5) is 38.0. The number of anilines is 1. The van der Waals surface area contributed by atoms with Gasteiger partial charge in [-0.05, 0) is 54.7 Å². The zero-order chi connectivity index (χ0) is 20.1. The number of amides is 2. The van der Waals surface area contributed by atoms with Crippen molar-refractivity contribution in [3.05, 3.63) is 65.2 Å². The first kappa shape index (κ1) is 19.6. The van der Waals surface area contributed by atoms with E-state index in [1.165, 1.54) is 6.07 Å². The Morgan fingerprint density at radius 1 is 1.04 bits per heavy atom. The fourth-order valence-electron chi connectivity index (χ4n) is 3.35. The number of hydrogen-bond donors (Lipinski definition) is 2. The molecule has 28 heavy (non-hydrogen) atoms. The highest BCUT2D eigenvalue weighted by Crippen LogP contribution is 2.19. The second-order valence-corrected chi connectivity index (χ2v) is 7.24. The number of hydrogen-bond acceptors (Lipinski definition) is 3. The molecule has 2 aromatic rings. The Labute approximate surface area is 164 Å². The summed E-state index contributed by atoms with van der Waals surface area (Å²) in [7, 11) is 0. The molecule has 1 fully saturated rings. The molecule has 0 atom stereocenters. The maximum atomic E-state index is 12.6. The minimum Gasteiger partial charge on any atom is -0.478 e. The van der Waals surface area contributed by atoms with Gasteiger partial charge in [0.25, 0.3) is 5.91 Å². The summed E-state index contributed by atoms with van der Waals surface area (Å²) in [6.07, 6.45) is 2.02. The van der Waals surface area contributed by atoms with Crippen molar-refractivity contribution in [2.45, 2.75) is 26.2 Å². The van der Waals surface area contributed by atoms with Gasteiger partial charge in [-0.25, -0.2) is 4.79 Å². The van der Waals surface area contributed by atoms with Crippen molar-refractivity contribution in [3.8, 4) is 0 Å². The van der Waals surface area contributed by atoms with Gasteiger partial charge in [-0.1, -0.05) is 25.1 Å². The molecular formula is C22H24N2O4. The molecule has 0 aliphatic carbocycles. The van der Waals surface area contributed by atoms with E-state index >= 15 is 0 Å². The van der Waals surface area contributed by atoms with E-state index in [0.29, 0.717) is 22.7 Å². The van der Waals surface area contributed by atoms with Gasteiger partial charge in [-0.2, -0.15) is 0 Å². The number of likely N-dealkylation sites (tertiary alicyclic amines) is 1. The lowest BCUT2D eigenvalue weighted by atomic mass is 9.98. The molecule has 6 heteroatoms. The first-order valence-electron chi connectivity index (χ1n) is 9.44. The fourth-order valence-corrected chi connectivity index (χ4v) is 3.35. The highest BCUT2D eigenvalue weighted by atomic mass is 16.4. The number of nitrogens with zero attached hydrogens (tertiary/aromatic N) is 1. The molecule has 0 saturated carbocycles. The average molecular weight is 380 g/mol. The lowest BCUT2D eigenvalue weighted by Gasteiger charge is -2.30. The lowest BCUT2D eigenvalue weighted by Crippen LogP contribution is -2.37. The number of piperidine rings is 1. The van der Waals surface area contributed by atoms with Gasteiger partial charge < -0.3 is 15.3 Å². The number of carbonyl (C=O) groups is 3. The molecule has 1 heterocycles. The van der Waals surface area contributed by atoms with Crippen molar-refractivity contribution in [1.82, 2.24) is 4.90 Å². The van der Waals surface area contributed by atoms with Crippen LogP contribution in [0.1, 0.15) is 46.0 Å². The van der Waals surface area contributed by atoms with Crippen LogP contribution in [0.3, 0.4) is 0 Å². The van der Waals surface area contributed by atoms with Gasteiger partial charge in [0.1, 0.15) is 0 Å². The Balaban J connectivity index is 1.60. The molecule has 0 unspecified atom stereocenters. The summed E-state index contributed by atoms with van der Waals surface area (Å²) in [5.74, 6) is -0.691. The third kappa shape index (κ3) is 4.76. The number of carbonyl (C=O) groups excluding carboxylic acids is 2. The molecule has 3 rings (SSSR count). The van der Waals surface area contributed by atoms with Crippen LogP contribution in [0.4, 0.5) is 5.69 Å². The smallest absolute Gasteiger partial charge is 0.335 e. The van der Waals surface area contributed by atoms with Crippen LogP contribution in [-0.2, 0) is 11.2 Å². The predicted octanol–water partition coefficient (Wildman–Crippen LogP) is 3.44. The molecule has 0 bridgehead atoms. The van der Waals surface area contributed by atoms with Gasteiger partial charge in [0.15, 0.2) is 0 Å². The maximum absolute atomic E-state index is 12.6. The molecule has 1 aliphatic heterocycles. The van der Waals surface area contributed by atoms with Gasteiger partial charge in [0.05, 0.1) is 12.0 Å². The third-order valence-corrected chi connectivity index (χ3v) is 5.09. The summed E-state index contributed by atoms with van der Waals surface area (Å²) in [5.41, 5.74) is 1.75. The highest BCUT2D eigenvalue weighted by molar-refractivity contribution is 5.97. The molecule has 2 amide bonds. The topological polar surface area (TPSA) is 86.7 Å². The van der Waals surface area contributed by atoms with Gasteiger partial charge in [0.2, 0.25) is 5.91 Å². The number of rotatable bonds is 5. The highest BCUT2D eigenvalue weighted by Gasteiger charge is 2.21. The standard InChI is InChI=1S/C22H24N2O4/c1-15-10-12-24(13-11-15)21(26)16-6-8-18(9-7-16)23-20(25)14-17-4-2-3-5-19(17)22(27)28/h2-9,15H,10-14H2,1H3,(H,23,25)(H,27,28). The molecule has 1 saturated heterocycles.